The van der Waals surface area contributed by atoms with Gasteiger partial charge in [-0.1, -0.05) is 66.2 Å². The first-order valence-corrected chi connectivity index (χ1v) is 15.6. The van der Waals surface area contributed by atoms with E-state index < -0.39 is 17.7 Å². The second-order valence-corrected chi connectivity index (χ2v) is 12.2. The quantitative estimate of drug-likeness (QED) is 0.0451. The maximum Gasteiger partial charge on any atom is 0.301 e. The minimum absolute atomic E-state index is 0.107. The molecule has 1 unspecified atom stereocenters. The minimum Gasteiger partial charge on any atom is -0.507 e. The molecule has 222 valence electrons. The van der Waals surface area contributed by atoms with Gasteiger partial charge >= 0.3 is 5.91 Å². The number of ketones is 1. The van der Waals surface area contributed by atoms with Crippen LogP contribution in [0.5, 0.6) is 11.5 Å². The molecule has 2 heterocycles. The van der Waals surface area contributed by atoms with Gasteiger partial charge in [0.25, 0.3) is 5.78 Å². The number of methoxy groups -OCH3 is 1. The molecule has 1 N–H and O–H groups in total. The summed E-state index contributed by atoms with van der Waals surface area (Å²) in [7, 11) is 1.51. The average Bonchev–Trinajstić information content (AvgIpc) is 3.59. The van der Waals surface area contributed by atoms with Crippen LogP contribution >= 0.6 is 34.7 Å². The Balaban J connectivity index is 1.55. The summed E-state index contributed by atoms with van der Waals surface area (Å²) in [6.45, 7) is 2.57. The van der Waals surface area contributed by atoms with E-state index in [1.165, 1.54) is 35.9 Å². The number of anilines is 1. The molecule has 1 fully saturated rings. The average molecular weight is 640 g/mol. The number of hydrogen-bond acceptors (Lipinski definition) is 9. The van der Waals surface area contributed by atoms with E-state index in [4.69, 9.17) is 21.1 Å². The van der Waals surface area contributed by atoms with Gasteiger partial charge in [0.15, 0.2) is 15.8 Å². The Morgan fingerprint density at radius 1 is 1.07 bits per heavy atom. The number of carbonyl (C=O) groups excluding carboxylic acids is 2. The second kappa shape index (κ2) is 13.6. The summed E-state index contributed by atoms with van der Waals surface area (Å²) in [6.07, 6.45) is 1.83. The third-order valence-corrected chi connectivity index (χ3v) is 9.08. The van der Waals surface area contributed by atoms with E-state index in [-0.39, 0.29) is 22.3 Å². The predicted molar refractivity (Wildman–Crippen MR) is 166 cm³/mol. The first-order valence-electron chi connectivity index (χ1n) is 13.4. The van der Waals surface area contributed by atoms with Crippen LogP contribution in [0.3, 0.4) is 0 Å². The van der Waals surface area contributed by atoms with Gasteiger partial charge in [0.05, 0.1) is 25.3 Å². The summed E-state index contributed by atoms with van der Waals surface area (Å²) in [6, 6.07) is 16.6. The van der Waals surface area contributed by atoms with Crippen molar-refractivity contribution in [3.8, 4) is 11.5 Å². The Bertz CT molecular complexity index is 1660. The van der Waals surface area contributed by atoms with E-state index in [1.807, 2.05) is 0 Å². The molecule has 1 aliphatic rings. The van der Waals surface area contributed by atoms with Crippen LogP contribution in [0.15, 0.2) is 76.6 Å². The fraction of sp³-hybridized carbons (Fsp3) is 0.226. The number of Topliss-reactive ketones (excluding diaryl/α,β-unsaturated/α-hetero) is 1. The molecule has 1 aliphatic heterocycles. The molecule has 3 aromatic carbocycles. The number of benzene rings is 3. The number of aliphatic hydroxyl groups excluding tert-OH is 1. The SMILES string of the molecule is CCCCOc1ccc(C2/C(=C(/O)c3ccc(Cl)cc3)C(=O)C(=O)N2c2nnc(SCc3ccc(F)cc3)s2)cc1OC. The smallest absolute Gasteiger partial charge is 0.301 e. The molecule has 1 atom stereocenters. The van der Waals surface area contributed by atoms with Crippen LogP contribution < -0.4 is 14.4 Å². The fourth-order valence-electron chi connectivity index (χ4n) is 4.49. The number of aliphatic hydroxyl groups is 1. The van der Waals surface area contributed by atoms with Crippen LogP contribution in [0.4, 0.5) is 9.52 Å². The lowest BCUT2D eigenvalue weighted by atomic mass is 9.95. The van der Waals surface area contributed by atoms with Gasteiger partial charge in [0, 0.05) is 16.3 Å². The van der Waals surface area contributed by atoms with Crippen LogP contribution in [0.2, 0.25) is 5.02 Å². The van der Waals surface area contributed by atoms with Crippen LogP contribution in [0, 0.1) is 5.82 Å². The van der Waals surface area contributed by atoms with E-state index >= 15 is 0 Å². The molecule has 1 aromatic heterocycles. The third-order valence-electron chi connectivity index (χ3n) is 6.70. The molecular weight excluding hydrogens is 613 g/mol. The summed E-state index contributed by atoms with van der Waals surface area (Å²) in [5, 5.41) is 20.5. The standard InChI is InChI=1S/C31H27ClFN3O5S2/c1-3-4-15-41-23-14-9-20(16-24(23)40-2)26-25(27(37)19-7-10-21(32)11-8-19)28(38)29(39)36(26)30-34-35-31(43-30)42-17-18-5-12-22(33)13-6-18/h5-14,16,26,37H,3-4,15,17H2,1-2H3/b27-25-. The molecule has 43 heavy (non-hydrogen) atoms. The molecule has 1 amide bonds. The lowest BCUT2D eigenvalue weighted by Gasteiger charge is -2.23. The molecule has 5 rings (SSSR count). The first kappa shape index (κ1) is 30.5. The number of amides is 1. The lowest BCUT2D eigenvalue weighted by Crippen LogP contribution is -2.29. The van der Waals surface area contributed by atoms with E-state index in [9.17, 15) is 19.1 Å². The van der Waals surface area contributed by atoms with E-state index in [0.29, 0.717) is 44.3 Å². The maximum atomic E-state index is 13.6. The van der Waals surface area contributed by atoms with Crippen LogP contribution in [-0.4, -0.2) is 40.7 Å². The molecule has 0 aliphatic carbocycles. The van der Waals surface area contributed by atoms with Crippen molar-refractivity contribution in [1.82, 2.24) is 10.2 Å². The Morgan fingerprint density at radius 2 is 1.81 bits per heavy atom. The lowest BCUT2D eigenvalue weighted by molar-refractivity contribution is -0.132. The van der Waals surface area contributed by atoms with Gasteiger partial charge in [-0.25, -0.2) is 4.39 Å². The topological polar surface area (TPSA) is 102 Å². The summed E-state index contributed by atoms with van der Waals surface area (Å²) in [4.78, 5) is 28.3. The highest BCUT2D eigenvalue weighted by molar-refractivity contribution is 8.00. The van der Waals surface area contributed by atoms with Gasteiger partial charge < -0.3 is 14.6 Å². The van der Waals surface area contributed by atoms with Crippen molar-refractivity contribution >= 4 is 57.3 Å². The van der Waals surface area contributed by atoms with Crippen molar-refractivity contribution in [1.29, 1.82) is 0 Å². The highest BCUT2D eigenvalue weighted by atomic mass is 35.5. The zero-order valence-electron chi connectivity index (χ0n) is 23.3. The highest BCUT2D eigenvalue weighted by Crippen LogP contribution is 2.45. The first-order chi connectivity index (χ1) is 20.8. The molecule has 0 bridgehead atoms. The van der Waals surface area contributed by atoms with E-state index in [2.05, 4.69) is 17.1 Å². The molecule has 0 spiro atoms. The van der Waals surface area contributed by atoms with Crippen molar-refractivity contribution in [2.45, 2.75) is 35.9 Å². The highest BCUT2D eigenvalue weighted by Gasteiger charge is 2.48. The summed E-state index contributed by atoms with van der Waals surface area (Å²) in [5.41, 5.74) is 1.61. The number of ether oxygens (including phenoxy) is 2. The van der Waals surface area contributed by atoms with Crippen molar-refractivity contribution in [3.63, 3.8) is 0 Å². The number of nitrogens with zero attached hydrogens (tertiary/aromatic N) is 3. The Kier molecular flexibility index (Phi) is 9.64. The second-order valence-electron chi connectivity index (χ2n) is 9.55. The van der Waals surface area contributed by atoms with Crippen LogP contribution in [-0.2, 0) is 15.3 Å². The number of carbonyl (C=O) groups is 2. The molecule has 1 saturated heterocycles. The van der Waals surface area contributed by atoms with Gasteiger partial charge in [0.2, 0.25) is 5.13 Å². The molecule has 0 saturated carbocycles. The van der Waals surface area contributed by atoms with Gasteiger partial charge in [-0.3, -0.25) is 14.5 Å². The Morgan fingerprint density at radius 3 is 2.51 bits per heavy atom. The van der Waals surface area contributed by atoms with Gasteiger partial charge in [-0.05, 0) is 66.1 Å². The largest absolute Gasteiger partial charge is 0.507 e. The molecule has 0 radical (unpaired) electrons. The fourth-order valence-corrected chi connectivity index (χ4v) is 6.44. The normalized spacial score (nSPS) is 16.1. The van der Waals surface area contributed by atoms with Gasteiger partial charge in [-0.2, -0.15) is 0 Å². The molecular formula is C31H27ClFN3O5S2. The number of thioether (sulfide) groups is 1. The maximum absolute atomic E-state index is 13.6. The summed E-state index contributed by atoms with van der Waals surface area (Å²) < 4.78 is 25.3. The number of unbranched alkanes of at least 4 members (excludes halogenated alkanes) is 1. The van der Waals surface area contributed by atoms with Crippen molar-refractivity contribution < 1.29 is 28.6 Å². The monoisotopic (exact) mass is 639 g/mol. The van der Waals surface area contributed by atoms with E-state index in [1.54, 1.807) is 54.6 Å². The zero-order chi connectivity index (χ0) is 30.5. The number of halogens is 2. The minimum atomic E-state index is -1.03. The number of aromatic nitrogens is 2. The predicted octanol–water partition coefficient (Wildman–Crippen LogP) is 7.44. The molecule has 8 nitrogen and oxygen atoms in total. The summed E-state index contributed by atoms with van der Waals surface area (Å²) >= 11 is 8.54. The van der Waals surface area contributed by atoms with Crippen molar-refractivity contribution in [2.75, 3.05) is 18.6 Å². The van der Waals surface area contributed by atoms with Crippen molar-refractivity contribution in [3.05, 3.63) is 99.8 Å². The van der Waals surface area contributed by atoms with Gasteiger partial charge in [-0.15, -0.1) is 10.2 Å². The van der Waals surface area contributed by atoms with Crippen LogP contribution in [0.25, 0.3) is 5.76 Å². The van der Waals surface area contributed by atoms with E-state index in [0.717, 1.165) is 29.7 Å². The molecule has 4 aromatic rings. The zero-order valence-corrected chi connectivity index (χ0v) is 25.6. The number of rotatable bonds is 11. The number of hydrogen-bond donors (Lipinski definition) is 1. The van der Waals surface area contributed by atoms with Gasteiger partial charge in [0.1, 0.15) is 11.6 Å². The van der Waals surface area contributed by atoms with Crippen molar-refractivity contribution in [2.24, 2.45) is 0 Å². The third kappa shape index (κ3) is 6.69. The van der Waals surface area contributed by atoms with Crippen LogP contribution in [0.1, 0.15) is 42.5 Å². The Hall–Kier alpha value is -3.93. The summed E-state index contributed by atoms with van der Waals surface area (Å²) in [5.74, 6) is -0.948. The molecule has 12 heteroatoms. The Labute approximate surface area is 261 Å².